The van der Waals surface area contributed by atoms with Gasteiger partial charge < -0.3 is 4.52 Å². The summed E-state index contributed by atoms with van der Waals surface area (Å²) in [7, 11) is 0. The van der Waals surface area contributed by atoms with E-state index in [9.17, 15) is 0 Å². The second-order valence-corrected chi connectivity index (χ2v) is 1.46. The Bertz CT molecular complexity index is 114. The molecule has 6 heavy (non-hydrogen) atoms. The molecule has 0 atom stereocenters. The summed E-state index contributed by atoms with van der Waals surface area (Å²) in [5.74, 6) is 0. The van der Waals surface area contributed by atoms with E-state index < -0.39 is 0 Å². The van der Waals surface area contributed by atoms with Crippen LogP contribution in [-0.4, -0.2) is 5.16 Å². The predicted octanol–water partition coefficient (Wildman–Crippen LogP) is 1.24. The van der Waals surface area contributed by atoms with Gasteiger partial charge in [0.15, 0.2) is 0 Å². The van der Waals surface area contributed by atoms with Crippen LogP contribution < -0.4 is 0 Å². The lowest BCUT2D eigenvalue weighted by Gasteiger charge is -1.61. The Morgan fingerprint density at radius 2 is 2.83 bits per heavy atom. The topological polar surface area (TPSA) is 26.0 Å². The maximum absolute atomic E-state index is 4.44. The van der Waals surface area contributed by atoms with E-state index in [0.717, 1.165) is 0 Å². The predicted molar refractivity (Wildman–Crippen MR) is 23.0 cm³/mol. The zero-order valence-electron chi connectivity index (χ0n) is 2.81. The van der Waals surface area contributed by atoms with Gasteiger partial charge in [0.1, 0.15) is 0 Å². The molecule has 0 saturated carbocycles. The first-order valence-corrected chi connectivity index (χ1v) is 2.17. The molecule has 1 aromatic rings. The summed E-state index contributed by atoms with van der Waals surface area (Å²) in [4.78, 5) is 0. The first-order valence-electron chi connectivity index (χ1n) is 1.37. The number of hydrogen-bond donors (Lipinski definition) is 0. The molecule has 1 heterocycles. The molecule has 3 heteroatoms. The van der Waals surface area contributed by atoms with Gasteiger partial charge in [-0.05, 0) is 15.9 Å². The molecule has 1 radical (unpaired) electrons. The highest BCUT2D eigenvalue weighted by Crippen LogP contribution is 2.02. The second kappa shape index (κ2) is 1.43. The average Bonchev–Trinajstić information content (AvgIpc) is 1.86. The number of hydrogen-bond acceptors (Lipinski definition) is 2. The molecule has 1 rings (SSSR count). The molecule has 0 spiro atoms. The quantitative estimate of drug-likeness (QED) is 0.551. The summed E-state index contributed by atoms with van der Waals surface area (Å²) >= 11 is 3.00. The third-order valence-electron chi connectivity index (χ3n) is 0.364. The fourth-order valence-electron chi connectivity index (χ4n) is 0.176. The van der Waals surface area contributed by atoms with Crippen LogP contribution in [0.3, 0.4) is 0 Å². The van der Waals surface area contributed by atoms with Crippen LogP contribution in [0, 0.1) is 6.07 Å². The highest BCUT2D eigenvalue weighted by molar-refractivity contribution is 9.10. The molecule has 0 bridgehead atoms. The van der Waals surface area contributed by atoms with E-state index in [-0.39, 0.29) is 0 Å². The third-order valence-corrected chi connectivity index (χ3v) is 0.737. The molecule has 0 aliphatic carbocycles. The Morgan fingerprint density at radius 3 is 3.00 bits per heavy atom. The Kier molecular flexibility index (Phi) is 0.919. The van der Waals surface area contributed by atoms with E-state index in [4.69, 9.17) is 0 Å². The molecule has 31 valence electrons. The van der Waals surface area contributed by atoms with Crippen molar-refractivity contribution in [3.63, 3.8) is 0 Å². The number of aromatic nitrogens is 1. The van der Waals surface area contributed by atoms with Crippen LogP contribution >= 0.6 is 15.9 Å². The standard InChI is InChI=1S/C3HBrNO/c4-3-1-2-5-6-3/h2H. The van der Waals surface area contributed by atoms with Crippen LogP contribution in [0.2, 0.25) is 0 Å². The number of halogens is 1. The maximum atomic E-state index is 4.44. The van der Waals surface area contributed by atoms with Crippen molar-refractivity contribution in [1.82, 2.24) is 5.16 Å². The summed E-state index contributed by atoms with van der Waals surface area (Å²) < 4.78 is 4.99. The normalized spacial score (nSPS) is 8.83. The van der Waals surface area contributed by atoms with Gasteiger partial charge in [0.2, 0.25) is 4.67 Å². The van der Waals surface area contributed by atoms with E-state index in [0.29, 0.717) is 4.67 Å². The molecule has 0 unspecified atom stereocenters. The van der Waals surface area contributed by atoms with Gasteiger partial charge >= 0.3 is 0 Å². The Labute approximate surface area is 43.3 Å². The molecule has 1 aromatic heterocycles. The van der Waals surface area contributed by atoms with Crippen molar-refractivity contribution < 1.29 is 4.52 Å². The van der Waals surface area contributed by atoms with Gasteiger partial charge in [0, 0.05) is 0 Å². The highest BCUT2D eigenvalue weighted by atomic mass is 79.9. The summed E-state index contributed by atoms with van der Waals surface area (Å²) in [6, 6.07) is 2.64. The molecule has 0 N–H and O–H groups in total. The number of rotatable bonds is 0. The van der Waals surface area contributed by atoms with Crippen LogP contribution in [0.15, 0.2) is 15.4 Å². The summed E-state index contributed by atoms with van der Waals surface area (Å²) in [6.45, 7) is 0. The third kappa shape index (κ3) is 0.597. The molecule has 0 saturated heterocycles. The first-order chi connectivity index (χ1) is 2.89. The zero-order valence-corrected chi connectivity index (χ0v) is 4.40. The first kappa shape index (κ1) is 3.87. The van der Waals surface area contributed by atoms with Crippen molar-refractivity contribution in [3.05, 3.63) is 16.9 Å². The minimum absolute atomic E-state index is 0.544. The molecule has 0 fully saturated rings. The molecule has 0 aliphatic rings. The Morgan fingerprint density at radius 1 is 2.00 bits per heavy atom. The molecule has 0 aliphatic heterocycles. The molecular weight excluding hydrogens is 146 g/mol. The molecular formula is C3HBrNO. The van der Waals surface area contributed by atoms with Crippen molar-refractivity contribution in [2.75, 3.05) is 0 Å². The SMILES string of the molecule is Brc1[c]cno1. The van der Waals surface area contributed by atoms with Crippen molar-refractivity contribution in [1.29, 1.82) is 0 Å². The smallest absolute Gasteiger partial charge is 0.209 e. The van der Waals surface area contributed by atoms with Crippen LogP contribution in [0.5, 0.6) is 0 Å². The summed E-state index contributed by atoms with van der Waals surface area (Å²) in [5, 5.41) is 3.34. The van der Waals surface area contributed by atoms with Crippen molar-refractivity contribution in [3.8, 4) is 0 Å². The van der Waals surface area contributed by atoms with Gasteiger partial charge in [0.05, 0.1) is 12.3 Å². The van der Waals surface area contributed by atoms with Crippen LogP contribution in [0.1, 0.15) is 0 Å². The second-order valence-electron chi connectivity index (χ2n) is 0.744. The number of nitrogens with zero attached hydrogens (tertiary/aromatic N) is 1. The Hall–Kier alpha value is -0.310. The molecule has 0 amide bonds. The minimum Gasteiger partial charge on any atom is -0.349 e. The minimum atomic E-state index is 0.544. The average molecular weight is 147 g/mol. The van der Waals surface area contributed by atoms with Crippen molar-refractivity contribution in [2.24, 2.45) is 0 Å². The largest absolute Gasteiger partial charge is 0.349 e. The zero-order chi connectivity index (χ0) is 4.41. The van der Waals surface area contributed by atoms with E-state index in [1.807, 2.05) is 0 Å². The highest BCUT2D eigenvalue weighted by Gasteiger charge is 1.82. The van der Waals surface area contributed by atoms with Gasteiger partial charge in [-0.15, -0.1) is 0 Å². The molecule has 0 aromatic carbocycles. The summed E-state index contributed by atoms with van der Waals surface area (Å²) in [6.07, 6.45) is 1.45. The lowest BCUT2D eigenvalue weighted by atomic mass is 10.8. The van der Waals surface area contributed by atoms with Gasteiger partial charge in [-0.1, -0.05) is 5.16 Å². The van der Waals surface area contributed by atoms with Gasteiger partial charge in [-0.2, -0.15) is 0 Å². The van der Waals surface area contributed by atoms with Gasteiger partial charge in [-0.25, -0.2) is 0 Å². The van der Waals surface area contributed by atoms with Gasteiger partial charge in [-0.3, -0.25) is 0 Å². The van der Waals surface area contributed by atoms with Gasteiger partial charge in [0.25, 0.3) is 0 Å². The fraction of sp³-hybridized carbons (Fsp3) is 0. The van der Waals surface area contributed by atoms with E-state index >= 15 is 0 Å². The summed E-state index contributed by atoms with van der Waals surface area (Å²) in [5.41, 5.74) is 0. The Balaban J connectivity index is 3.05. The van der Waals surface area contributed by atoms with Crippen molar-refractivity contribution >= 4 is 15.9 Å². The maximum Gasteiger partial charge on any atom is 0.209 e. The molecule has 2 nitrogen and oxygen atoms in total. The van der Waals surface area contributed by atoms with E-state index in [2.05, 4.69) is 31.7 Å². The lowest BCUT2D eigenvalue weighted by molar-refractivity contribution is 0.400. The van der Waals surface area contributed by atoms with Crippen LogP contribution in [0.4, 0.5) is 0 Å². The van der Waals surface area contributed by atoms with Crippen molar-refractivity contribution in [2.45, 2.75) is 0 Å². The monoisotopic (exact) mass is 146 g/mol. The van der Waals surface area contributed by atoms with E-state index in [1.165, 1.54) is 6.20 Å². The van der Waals surface area contributed by atoms with Crippen LogP contribution in [-0.2, 0) is 0 Å². The van der Waals surface area contributed by atoms with Crippen LogP contribution in [0.25, 0.3) is 0 Å². The fourth-order valence-corrected chi connectivity index (χ4v) is 0.362. The lowest BCUT2D eigenvalue weighted by Crippen LogP contribution is -1.42. The van der Waals surface area contributed by atoms with E-state index in [1.54, 1.807) is 0 Å².